The number of hydrogen-bond donors (Lipinski definition) is 0. The Morgan fingerprint density at radius 2 is 1.87 bits per heavy atom. The van der Waals surface area contributed by atoms with E-state index in [1.54, 1.807) is 61.6 Å². The number of nitrogens with zero attached hydrogens (tertiary/aromatic N) is 5. The molecule has 0 saturated carbocycles. The molecule has 0 aliphatic rings. The molecule has 0 radical (unpaired) electrons. The van der Waals surface area contributed by atoms with Crippen LogP contribution in [0, 0.1) is 11.3 Å². The maximum absolute atomic E-state index is 9.32. The highest BCUT2D eigenvalue weighted by Gasteiger charge is 2.19. The van der Waals surface area contributed by atoms with Crippen molar-refractivity contribution in [3.05, 3.63) is 48.4 Å². The average Bonchev–Trinajstić information content (AvgIpc) is 3.05. The largest absolute Gasteiger partial charge is 0.497 e. The van der Waals surface area contributed by atoms with Gasteiger partial charge in [0, 0.05) is 24.0 Å². The van der Waals surface area contributed by atoms with Gasteiger partial charge in [0.25, 0.3) is 0 Å². The zero-order valence-electron chi connectivity index (χ0n) is 12.6. The minimum Gasteiger partial charge on any atom is -0.497 e. The highest BCUT2D eigenvalue weighted by atomic mass is 16.5. The number of rotatable bonds is 4. The van der Waals surface area contributed by atoms with Crippen LogP contribution in [0.1, 0.15) is 5.69 Å². The lowest BCUT2D eigenvalue weighted by Crippen LogP contribution is -2.03. The summed E-state index contributed by atoms with van der Waals surface area (Å²) in [6, 6.07) is 11.0. The Hall–Kier alpha value is -3.40. The van der Waals surface area contributed by atoms with Gasteiger partial charge in [-0.15, -0.1) is 5.10 Å². The Balaban J connectivity index is 2.23. The van der Waals surface area contributed by atoms with Crippen LogP contribution in [0.2, 0.25) is 0 Å². The van der Waals surface area contributed by atoms with Crippen molar-refractivity contribution < 1.29 is 9.47 Å². The molecule has 0 spiro atoms. The lowest BCUT2D eigenvalue weighted by atomic mass is 10.1. The molecule has 0 atom stereocenters. The second-order valence-corrected chi connectivity index (χ2v) is 4.58. The molecule has 114 valence electrons. The van der Waals surface area contributed by atoms with Gasteiger partial charge >= 0.3 is 0 Å². The Kier molecular flexibility index (Phi) is 3.89. The van der Waals surface area contributed by atoms with Gasteiger partial charge in [-0.2, -0.15) is 5.26 Å². The van der Waals surface area contributed by atoms with E-state index in [9.17, 15) is 5.26 Å². The Bertz CT molecular complexity index is 868. The summed E-state index contributed by atoms with van der Waals surface area (Å²) in [4.78, 5) is 4.00. The van der Waals surface area contributed by atoms with Crippen molar-refractivity contribution in [1.29, 1.82) is 5.26 Å². The van der Waals surface area contributed by atoms with Crippen molar-refractivity contribution in [1.82, 2.24) is 20.0 Å². The lowest BCUT2D eigenvalue weighted by molar-refractivity contribution is 0.392. The van der Waals surface area contributed by atoms with Gasteiger partial charge in [0.2, 0.25) is 0 Å². The SMILES string of the molecule is COc1ccc(-n2nnc(C#N)c2-c2ccncc2)c(OC)c1. The standard InChI is InChI=1S/C16H13N5O2/c1-22-12-3-4-14(15(9-12)23-2)21-16(13(10-17)19-20-21)11-5-7-18-8-6-11/h3-9H,1-2H3. The van der Waals surface area contributed by atoms with Gasteiger partial charge in [-0.3, -0.25) is 4.98 Å². The third-order valence-electron chi connectivity index (χ3n) is 3.35. The summed E-state index contributed by atoms with van der Waals surface area (Å²) in [6.07, 6.45) is 3.30. The van der Waals surface area contributed by atoms with Gasteiger partial charge in [-0.1, -0.05) is 5.21 Å². The molecule has 0 N–H and O–H groups in total. The molecular weight excluding hydrogens is 294 g/mol. The minimum absolute atomic E-state index is 0.231. The molecule has 0 aliphatic carbocycles. The molecule has 0 saturated heterocycles. The smallest absolute Gasteiger partial charge is 0.191 e. The molecule has 23 heavy (non-hydrogen) atoms. The number of hydrogen-bond acceptors (Lipinski definition) is 6. The number of nitriles is 1. The van der Waals surface area contributed by atoms with Crippen molar-refractivity contribution in [3.63, 3.8) is 0 Å². The van der Waals surface area contributed by atoms with E-state index in [2.05, 4.69) is 21.4 Å². The van der Waals surface area contributed by atoms with Gasteiger partial charge in [-0.05, 0) is 24.3 Å². The molecule has 0 fully saturated rings. The van der Waals surface area contributed by atoms with Crippen LogP contribution in [0.15, 0.2) is 42.7 Å². The number of pyridine rings is 1. The molecule has 7 nitrogen and oxygen atoms in total. The second-order valence-electron chi connectivity index (χ2n) is 4.58. The zero-order chi connectivity index (χ0) is 16.2. The monoisotopic (exact) mass is 307 g/mol. The lowest BCUT2D eigenvalue weighted by Gasteiger charge is -2.12. The highest BCUT2D eigenvalue weighted by Crippen LogP contribution is 2.31. The Labute approximate surface area is 132 Å². The topological polar surface area (TPSA) is 85.9 Å². The normalized spacial score (nSPS) is 10.1. The van der Waals surface area contributed by atoms with Crippen LogP contribution >= 0.6 is 0 Å². The van der Waals surface area contributed by atoms with Crippen LogP contribution in [-0.2, 0) is 0 Å². The summed E-state index contributed by atoms with van der Waals surface area (Å²) in [6.45, 7) is 0. The third-order valence-corrected chi connectivity index (χ3v) is 3.35. The number of benzene rings is 1. The van der Waals surface area contributed by atoms with Crippen LogP contribution < -0.4 is 9.47 Å². The quantitative estimate of drug-likeness (QED) is 0.734. The first-order valence-corrected chi connectivity index (χ1v) is 6.77. The second kappa shape index (κ2) is 6.15. The Morgan fingerprint density at radius 3 is 2.52 bits per heavy atom. The van der Waals surface area contributed by atoms with E-state index in [0.717, 1.165) is 5.56 Å². The van der Waals surface area contributed by atoms with Crippen LogP contribution in [0.3, 0.4) is 0 Å². The number of methoxy groups -OCH3 is 2. The van der Waals surface area contributed by atoms with E-state index in [1.807, 2.05) is 0 Å². The highest BCUT2D eigenvalue weighted by molar-refractivity contribution is 5.68. The summed E-state index contributed by atoms with van der Waals surface area (Å²) in [5.41, 5.74) is 2.26. The van der Waals surface area contributed by atoms with E-state index in [4.69, 9.17) is 9.47 Å². The van der Waals surface area contributed by atoms with Gasteiger partial charge < -0.3 is 9.47 Å². The Morgan fingerprint density at radius 1 is 1.09 bits per heavy atom. The van der Waals surface area contributed by atoms with E-state index in [1.165, 1.54) is 0 Å². The van der Waals surface area contributed by atoms with E-state index in [0.29, 0.717) is 22.9 Å². The third kappa shape index (κ3) is 2.58. The summed E-state index contributed by atoms with van der Waals surface area (Å²) in [7, 11) is 3.15. The van der Waals surface area contributed by atoms with Crippen molar-refractivity contribution in [3.8, 4) is 34.5 Å². The van der Waals surface area contributed by atoms with Gasteiger partial charge in [0.1, 0.15) is 28.9 Å². The summed E-state index contributed by atoms with van der Waals surface area (Å²) >= 11 is 0. The first-order valence-electron chi connectivity index (χ1n) is 6.77. The molecule has 0 unspecified atom stereocenters. The number of aromatic nitrogens is 4. The maximum atomic E-state index is 9.32. The molecule has 0 bridgehead atoms. The molecule has 2 heterocycles. The zero-order valence-corrected chi connectivity index (χ0v) is 12.6. The van der Waals surface area contributed by atoms with Crippen molar-refractivity contribution in [2.75, 3.05) is 14.2 Å². The van der Waals surface area contributed by atoms with Crippen LogP contribution in [-0.4, -0.2) is 34.2 Å². The van der Waals surface area contributed by atoms with Crippen molar-refractivity contribution >= 4 is 0 Å². The molecule has 0 amide bonds. The summed E-state index contributed by atoms with van der Waals surface area (Å²) in [5, 5.41) is 17.4. The van der Waals surface area contributed by atoms with Crippen molar-refractivity contribution in [2.24, 2.45) is 0 Å². The summed E-state index contributed by atoms with van der Waals surface area (Å²) < 4.78 is 12.2. The van der Waals surface area contributed by atoms with E-state index < -0.39 is 0 Å². The fourth-order valence-corrected chi connectivity index (χ4v) is 2.25. The predicted molar refractivity (Wildman–Crippen MR) is 82.4 cm³/mol. The first-order chi connectivity index (χ1) is 11.3. The molecule has 3 aromatic rings. The van der Waals surface area contributed by atoms with Gasteiger partial charge in [0.05, 0.1) is 14.2 Å². The van der Waals surface area contributed by atoms with Gasteiger partial charge in [-0.25, -0.2) is 4.68 Å². The molecular formula is C16H13N5O2. The van der Waals surface area contributed by atoms with Crippen LogP contribution in [0.5, 0.6) is 11.5 Å². The van der Waals surface area contributed by atoms with E-state index >= 15 is 0 Å². The average molecular weight is 307 g/mol. The van der Waals surface area contributed by atoms with E-state index in [-0.39, 0.29) is 5.69 Å². The predicted octanol–water partition coefficient (Wildman–Crippen LogP) is 2.22. The fourth-order valence-electron chi connectivity index (χ4n) is 2.25. The summed E-state index contributed by atoms with van der Waals surface area (Å²) in [5.74, 6) is 1.23. The van der Waals surface area contributed by atoms with Crippen LogP contribution in [0.4, 0.5) is 0 Å². The maximum Gasteiger partial charge on any atom is 0.191 e. The van der Waals surface area contributed by atoms with Crippen LogP contribution in [0.25, 0.3) is 16.9 Å². The van der Waals surface area contributed by atoms with Crippen molar-refractivity contribution in [2.45, 2.75) is 0 Å². The molecule has 2 aromatic heterocycles. The van der Waals surface area contributed by atoms with Gasteiger partial charge in [0.15, 0.2) is 5.69 Å². The fraction of sp³-hybridized carbons (Fsp3) is 0.125. The minimum atomic E-state index is 0.231. The molecule has 0 aliphatic heterocycles. The molecule has 3 rings (SSSR count). The number of ether oxygens (including phenoxy) is 2. The molecule has 7 heteroatoms. The first kappa shape index (κ1) is 14.5. The molecule has 1 aromatic carbocycles.